The quantitative estimate of drug-likeness (QED) is 0.465. The van der Waals surface area contributed by atoms with Gasteiger partial charge < -0.3 is 5.73 Å². The second-order valence-electron chi connectivity index (χ2n) is 4.70. The standard InChI is InChI=1S/C11H15N3O4S2/c1-19-11(4-5-11)7-13-20(17,18)10-3-2-8(12)6-9(10)14(15)16/h2-3,6,13H,4-5,7,12H2,1H3. The van der Waals surface area contributed by atoms with Crippen LogP contribution in [-0.4, -0.2) is 30.9 Å². The van der Waals surface area contributed by atoms with Crippen LogP contribution >= 0.6 is 11.8 Å². The minimum Gasteiger partial charge on any atom is -0.399 e. The zero-order valence-corrected chi connectivity index (χ0v) is 12.5. The van der Waals surface area contributed by atoms with Crippen LogP contribution in [0.1, 0.15) is 12.8 Å². The maximum atomic E-state index is 12.2. The molecule has 1 saturated carbocycles. The van der Waals surface area contributed by atoms with Crippen LogP contribution in [0.2, 0.25) is 0 Å². The molecule has 1 aliphatic rings. The molecule has 1 aromatic rings. The highest BCUT2D eigenvalue weighted by molar-refractivity contribution is 8.00. The van der Waals surface area contributed by atoms with Crippen molar-refractivity contribution in [3.8, 4) is 0 Å². The minimum absolute atomic E-state index is 0.0599. The number of nitrogens with zero attached hydrogens (tertiary/aromatic N) is 1. The lowest BCUT2D eigenvalue weighted by molar-refractivity contribution is -0.387. The number of rotatable bonds is 6. The number of sulfonamides is 1. The molecule has 20 heavy (non-hydrogen) atoms. The van der Waals surface area contributed by atoms with Gasteiger partial charge in [-0.1, -0.05) is 0 Å². The molecule has 0 bridgehead atoms. The van der Waals surface area contributed by atoms with E-state index in [9.17, 15) is 18.5 Å². The average molecular weight is 317 g/mol. The van der Waals surface area contributed by atoms with Gasteiger partial charge >= 0.3 is 0 Å². The van der Waals surface area contributed by atoms with Crippen LogP contribution in [0.5, 0.6) is 0 Å². The van der Waals surface area contributed by atoms with Gasteiger partial charge in [-0.25, -0.2) is 13.1 Å². The molecule has 0 heterocycles. The van der Waals surface area contributed by atoms with E-state index in [4.69, 9.17) is 5.73 Å². The number of nitro benzene ring substituents is 1. The SMILES string of the molecule is CSC1(CNS(=O)(=O)c2ccc(N)cc2[N+](=O)[O-])CC1. The van der Waals surface area contributed by atoms with E-state index in [1.54, 1.807) is 11.8 Å². The van der Waals surface area contributed by atoms with Gasteiger partial charge in [-0.3, -0.25) is 10.1 Å². The number of hydrogen-bond donors (Lipinski definition) is 2. The molecule has 3 N–H and O–H groups in total. The Kier molecular flexibility index (Phi) is 3.94. The molecule has 0 aliphatic heterocycles. The lowest BCUT2D eigenvalue weighted by atomic mass is 10.3. The summed E-state index contributed by atoms with van der Waals surface area (Å²) in [6.45, 7) is 0.276. The Morgan fingerprint density at radius 2 is 2.15 bits per heavy atom. The lowest BCUT2D eigenvalue weighted by Gasteiger charge is -2.13. The highest BCUT2D eigenvalue weighted by Gasteiger charge is 2.43. The van der Waals surface area contributed by atoms with Crippen LogP contribution in [0, 0.1) is 10.1 Å². The summed E-state index contributed by atoms with van der Waals surface area (Å²) in [6, 6.07) is 3.55. The molecule has 1 aromatic carbocycles. The molecule has 9 heteroatoms. The van der Waals surface area contributed by atoms with Gasteiger partial charge in [0.1, 0.15) is 0 Å². The molecular formula is C11H15N3O4S2. The van der Waals surface area contributed by atoms with Crippen molar-refractivity contribution in [1.82, 2.24) is 4.72 Å². The Bertz CT molecular complexity index is 641. The van der Waals surface area contributed by atoms with E-state index in [1.165, 1.54) is 6.07 Å². The molecule has 0 aromatic heterocycles. The molecule has 0 unspecified atom stereocenters. The number of benzene rings is 1. The predicted molar refractivity (Wildman–Crippen MR) is 78.2 cm³/mol. The summed E-state index contributed by atoms with van der Waals surface area (Å²) in [5.41, 5.74) is 5.10. The Hall–Kier alpha value is -1.32. The second kappa shape index (κ2) is 5.23. The molecule has 0 radical (unpaired) electrons. The summed E-state index contributed by atoms with van der Waals surface area (Å²) in [5, 5.41) is 10.9. The first-order valence-electron chi connectivity index (χ1n) is 5.88. The highest BCUT2D eigenvalue weighted by atomic mass is 32.2. The fourth-order valence-corrected chi connectivity index (χ4v) is 3.90. The summed E-state index contributed by atoms with van der Waals surface area (Å²) in [4.78, 5) is 9.85. The van der Waals surface area contributed by atoms with E-state index in [-0.39, 0.29) is 21.9 Å². The van der Waals surface area contributed by atoms with Crippen LogP contribution in [0.15, 0.2) is 23.1 Å². The average Bonchev–Trinajstić information content (AvgIpc) is 3.17. The topological polar surface area (TPSA) is 115 Å². The molecule has 1 fully saturated rings. The summed E-state index contributed by atoms with van der Waals surface area (Å²) in [6.07, 6.45) is 3.81. The second-order valence-corrected chi connectivity index (χ2v) is 7.71. The van der Waals surface area contributed by atoms with Crippen molar-refractivity contribution in [3.63, 3.8) is 0 Å². The fourth-order valence-electron chi connectivity index (χ4n) is 1.80. The van der Waals surface area contributed by atoms with Crippen LogP contribution in [0.25, 0.3) is 0 Å². The fraction of sp³-hybridized carbons (Fsp3) is 0.455. The highest BCUT2D eigenvalue weighted by Crippen LogP contribution is 2.46. The Labute approximate surface area is 121 Å². The number of nitrogen functional groups attached to an aromatic ring is 1. The van der Waals surface area contributed by atoms with Crippen LogP contribution in [0.3, 0.4) is 0 Å². The van der Waals surface area contributed by atoms with Crippen molar-refractivity contribution < 1.29 is 13.3 Å². The first-order chi connectivity index (χ1) is 9.30. The number of nitrogens with one attached hydrogen (secondary N) is 1. The maximum absolute atomic E-state index is 12.2. The molecule has 2 rings (SSSR count). The van der Waals surface area contributed by atoms with Crippen molar-refractivity contribution in [2.45, 2.75) is 22.5 Å². The summed E-state index contributed by atoms with van der Waals surface area (Å²) in [7, 11) is -3.92. The molecule has 0 amide bonds. The van der Waals surface area contributed by atoms with Crippen molar-refractivity contribution in [2.75, 3.05) is 18.5 Å². The summed E-state index contributed by atoms with van der Waals surface area (Å²) >= 11 is 1.61. The molecule has 0 saturated heterocycles. The monoisotopic (exact) mass is 317 g/mol. The Morgan fingerprint density at radius 1 is 1.50 bits per heavy atom. The van der Waals surface area contributed by atoms with E-state index in [2.05, 4.69) is 4.72 Å². The number of hydrogen-bond acceptors (Lipinski definition) is 6. The first-order valence-corrected chi connectivity index (χ1v) is 8.59. The Balaban J connectivity index is 2.27. The third-order valence-corrected chi connectivity index (χ3v) is 6.16. The van der Waals surface area contributed by atoms with Crippen molar-refractivity contribution in [1.29, 1.82) is 0 Å². The zero-order chi connectivity index (χ0) is 15.0. The van der Waals surface area contributed by atoms with Crippen molar-refractivity contribution in [2.24, 2.45) is 0 Å². The number of nitrogens with two attached hydrogens (primary N) is 1. The molecular weight excluding hydrogens is 302 g/mol. The minimum atomic E-state index is -3.92. The van der Waals surface area contributed by atoms with E-state index in [0.29, 0.717) is 0 Å². The molecule has 1 aliphatic carbocycles. The summed E-state index contributed by atoms with van der Waals surface area (Å²) in [5.74, 6) is 0. The van der Waals surface area contributed by atoms with Gasteiger partial charge in [0.25, 0.3) is 5.69 Å². The van der Waals surface area contributed by atoms with Crippen molar-refractivity contribution >= 4 is 33.2 Å². The molecule has 0 atom stereocenters. The number of anilines is 1. The third-order valence-electron chi connectivity index (χ3n) is 3.29. The van der Waals surface area contributed by atoms with Crippen LogP contribution < -0.4 is 10.5 Å². The summed E-state index contributed by atoms with van der Waals surface area (Å²) < 4.78 is 26.8. The van der Waals surface area contributed by atoms with E-state index in [0.717, 1.165) is 25.0 Å². The van der Waals surface area contributed by atoms with Crippen LogP contribution in [-0.2, 0) is 10.0 Å². The molecule has 110 valence electrons. The van der Waals surface area contributed by atoms with Crippen molar-refractivity contribution in [3.05, 3.63) is 28.3 Å². The largest absolute Gasteiger partial charge is 0.399 e. The first kappa shape index (κ1) is 15.1. The van der Waals surface area contributed by atoms with Gasteiger partial charge in [0.2, 0.25) is 10.0 Å². The zero-order valence-electron chi connectivity index (χ0n) is 10.8. The van der Waals surface area contributed by atoms with Gasteiger partial charge in [0, 0.05) is 23.0 Å². The molecule has 0 spiro atoms. The van der Waals surface area contributed by atoms with Gasteiger partial charge in [0.15, 0.2) is 4.90 Å². The third kappa shape index (κ3) is 3.05. The maximum Gasteiger partial charge on any atom is 0.291 e. The normalized spacial score (nSPS) is 16.9. The van der Waals surface area contributed by atoms with Gasteiger partial charge in [-0.05, 0) is 31.2 Å². The van der Waals surface area contributed by atoms with Crippen LogP contribution in [0.4, 0.5) is 11.4 Å². The number of nitro groups is 1. The van der Waals surface area contributed by atoms with Gasteiger partial charge in [-0.15, -0.1) is 0 Å². The lowest BCUT2D eigenvalue weighted by Crippen LogP contribution is -2.32. The predicted octanol–water partition coefficient (Wildman–Crippen LogP) is 1.35. The number of thioether (sulfide) groups is 1. The molecule has 7 nitrogen and oxygen atoms in total. The van der Waals surface area contributed by atoms with E-state index in [1.807, 2.05) is 6.26 Å². The van der Waals surface area contributed by atoms with E-state index < -0.39 is 20.6 Å². The van der Waals surface area contributed by atoms with Gasteiger partial charge in [0.05, 0.1) is 4.92 Å². The van der Waals surface area contributed by atoms with Gasteiger partial charge in [-0.2, -0.15) is 11.8 Å². The Morgan fingerprint density at radius 3 is 2.65 bits per heavy atom. The van der Waals surface area contributed by atoms with E-state index >= 15 is 0 Å². The smallest absolute Gasteiger partial charge is 0.291 e.